The number of benzene rings is 1. The first-order chi connectivity index (χ1) is 13.5. The molecule has 0 aliphatic carbocycles. The summed E-state index contributed by atoms with van der Waals surface area (Å²) in [5.74, 6) is -0.430. The lowest BCUT2D eigenvalue weighted by atomic mass is 10.1. The van der Waals surface area contributed by atoms with Crippen LogP contribution in [0.4, 0.5) is 5.69 Å². The fraction of sp³-hybridized carbons (Fsp3) is 0.250. The molecule has 2 heterocycles. The van der Waals surface area contributed by atoms with Crippen LogP contribution in [0.25, 0.3) is 0 Å². The molecule has 0 aliphatic heterocycles. The first-order valence-electron chi connectivity index (χ1n) is 8.86. The monoisotopic (exact) mass is 433 g/mol. The summed E-state index contributed by atoms with van der Waals surface area (Å²) < 4.78 is 0. The summed E-state index contributed by atoms with van der Waals surface area (Å²) in [6.07, 6.45) is 2.77. The van der Waals surface area contributed by atoms with Gasteiger partial charge in [-0.15, -0.1) is 22.7 Å². The molecule has 0 spiro atoms. The van der Waals surface area contributed by atoms with Crippen LogP contribution in [-0.4, -0.2) is 23.3 Å². The fourth-order valence-electron chi connectivity index (χ4n) is 2.58. The van der Waals surface area contributed by atoms with E-state index in [4.69, 9.17) is 11.6 Å². The van der Waals surface area contributed by atoms with Gasteiger partial charge in [0.15, 0.2) is 0 Å². The van der Waals surface area contributed by atoms with Crippen molar-refractivity contribution in [3.8, 4) is 0 Å². The number of rotatable bonds is 8. The van der Waals surface area contributed by atoms with Crippen LogP contribution in [0.3, 0.4) is 0 Å². The number of hydrogen-bond acceptors (Lipinski definition) is 5. The van der Waals surface area contributed by atoms with Gasteiger partial charge in [-0.3, -0.25) is 9.59 Å². The molecule has 0 unspecified atom stereocenters. The smallest absolute Gasteiger partial charge is 0.265 e. The van der Waals surface area contributed by atoms with E-state index in [9.17, 15) is 9.59 Å². The van der Waals surface area contributed by atoms with Crippen LogP contribution in [-0.2, 0) is 6.42 Å². The summed E-state index contributed by atoms with van der Waals surface area (Å²) in [5.41, 5.74) is 1.94. The average molecular weight is 434 g/mol. The second kappa shape index (κ2) is 9.82. The van der Waals surface area contributed by atoms with Crippen LogP contribution in [0.15, 0.2) is 41.1 Å². The molecule has 0 radical (unpaired) electrons. The van der Waals surface area contributed by atoms with Crippen LogP contribution in [0.5, 0.6) is 0 Å². The van der Waals surface area contributed by atoms with Crippen LogP contribution >= 0.6 is 34.3 Å². The van der Waals surface area contributed by atoms with E-state index in [0.717, 1.165) is 30.0 Å². The number of anilines is 1. The Morgan fingerprint density at radius 2 is 2.00 bits per heavy atom. The number of nitrogens with zero attached hydrogens (tertiary/aromatic N) is 1. The third kappa shape index (κ3) is 5.64. The Kier molecular flexibility index (Phi) is 7.19. The Morgan fingerprint density at radius 1 is 1.14 bits per heavy atom. The van der Waals surface area contributed by atoms with Gasteiger partial charge < -0.3 is 10.6 Å². The molecule has 0 saturated heterocycles. The largest absolute Gasteiger partial charge is 0.352 e. The van der Waals surface area contributed by atoms with E-state index in [2.05, 4.69) is 15.6 Å². The Hall–Kier alpha value is -2.22. The molecule has 2 N–H and O–H groups in total. The third-order valence-corrected chi connectivity index (χ3v) is 6.22. The van der Waals surface area contributed by atoms with Gasteiger partial charge in [0.05, 0.1) is 20.6 Å². The van der Waals surface area contributed by atoms with E-state index in [1.54, 1.807) is 41.7 Å². The van der Waals surface area contributed by atoms with Gasteiger partial charge in [-0.05, 0) is 55.8 Å². The number of aromatic nitrogens is 1. The number of unbranched alkanes of at least 4 members (excludes halogenated alkanes) is 1. The van der Waals surface area contributed by atoms with Crippen molar-refractivity contribution >= 4 is 51.8 Å². The predicted octanol–water partition coefficient (Wildman–Crippen LogP) is 5.17. The molecule has 0 aliphatic rings. The van der Waals surface area contributed by atoms with Gasteiger partial charge in [-0.25, -0.2) is 4.98 Å². The lowest BCUT2D eigenvalue weighted by Gasteiger charge is -2.09. The van der Waals surface area contributed by atoms with E-state index in [-0.39, 0.29) is 11.8 Å². The molecule has 2 aromatic heterocycles. The molecule has 1 aromatic carbocycles. The minimum atomic E-state index is -0.244. The number of nitrogens with one attached hydrogen (secondary N) is 2. The minimum Gasteiger partial charge on any atom is -0.352 e. The average Bonchev–Trinajstić information content (AvgIpc) is 3.35. The summed E-state index contributed by atoms with van der Waals surface area (Å²) in [7, 11) is 0. The zero-order valence-electron chi connectivity index (χ0n) is 15.3. The molecule has 2 amide bonds. The highest BCUT2D eigenvalue weighted by atomic mass is 35.5. The Bertz CT molecular complexity index is 954. The number of halogens is 1. The number of aryl methyl sites for hydroxylation is 2. The van der Waals surface area contributed by atoms with Crippen molar-refractivity contribution in [1.82, 2.24) is 10.3 Å². The molecule has 5 nitrogen and oxygen atoms in total. The van der Waals surface area contributed by atoms with Gasteiger partial charge in [-0.1, -0.05) is 17.7 Å². The van der Waals surface area contributed by atoms with Gasteiger partial charge in [0.25, 0.3) is 11.8 Å². The zero-order valence-corrected chi connectivity index (χ0v) is 17.7. The van der Waals surface area contributed by atoms with Crippen molar-refractivity contribution in [2.24, 2.45) is 0 Å². The summed E-state index contributed by atoms with van der Waals surface area (Å²) >= 11 is 9.18. The normalized spacial score (nSPS) is 10.6. The summed E-state index contributed by atoms with van der Waals surface area (Å²) in [6, 6.07) is 8.40. The fourth-order valence-corrected chi connectivity index (χ4v) is 4.18. The molecule has 146 valence electrons. The quantitative estimate of drug-likeness (QED) is 0.481. The maximum atomic E-state index is 12.4. The first-order valence-corrected chi connectivity index (χ1v) is 11.0. The number of carbonyl (C=O) groups excluding carboxylic acids is 2. The summed E-state index contributed by atoms with van der Waals surface area (Å²) in [4.78, 5) is 29.6. The van der Waals surface area contributed by atoms with E-state index < -0.39 is 0 Å². The molecule has 3 rings (SSSR count). The maximum Gasteiger partial charge on any atom is 0.265 e. The Balaban J connectivity index is 1.50. The molecule has 8 heteroatoms. The molecule has 28 heavy (non-hydrogen) atoms. The SMILES string of the molecule is Cc1csc(CCCCNC(=O)c2ccc(Cl)c(NC(=O)c3cccs3)c2)n1. The highest BCUT2D eigenvalue weighted by Crippen LogP contribution is 2.24. The first kappa shape index (κ1) is 20.5. The molecular formula is C20H20ClN3O2S2. The van der Waals surface area contributed by atoms with Crippen molar-refractivity contribution < 1.29 is 9.59 Å². The lowest BCUT2D eigenvalue weighted by molar-refractivity contribution is 0.0951. The summed E-state index contributed by atoms with van der Waals surface area (Å²) in [6.45, 7) is 2.58. The minimum absolute atomic E-state index is 0.187. The van der Waals surface area contributed by atoms with E-state index in [0.29, 0.717) is 27.7 Å². The predicted molar refractivity (Wildman–Crippen MR) is 116 cm³/mol. The van der Waals surface area contributed by atoms with Crippen molar-refractivity contribution in [3.63, 3.8) is 0 Å². The Labute approximate surface area is 176 Å². The van der Waals surface area contributed by atoms with Crippen molar-refractivity contribution in [3.05, 3.63) is 67.3 Å². The van der Waals surface area contributed by atoms with Crippen LogP contribution in [0, 0.1) is 6.92 Å². The number of hydrogen-bond donors (Lipinski definition) is 2. The standard InChI is InChI=1S/C20H20ClN3O2S2/c1-13-12-28-18(23-13)6-2-3-9-22-19(25)14-7-8-15(21)16(11-14)24-20(26)17-5-4-10-27-17/h4-5,7-8,10-12H,2-3,6,9H2,1H3,(H,22,25)(H,24,26). The third-order valence-electron chi connectivity index (χ3n) is 3.99. The van der Waals surface area contributed by atoms with E-state index in [1.807, 2.05) is 17.7 Å². The second-order valence-corrected chi connectivity index (χ2v) is 8.52. The molecule has 0 fully saturated rings. The van der Waals surface area contributed by atoms with E-state index in [1.165, 1.54) is 11.3 Å². The van der Waals surface area contributed by atoms with Gasteiger partial charge in [0.1, 0.15) is 0 Å². The molecule has 3 aromatic rings. The number of thiophene rings is 1. The van der Waals surface area contributed by atoms with Gasteiger partial charge in [0, 0.05) is 23.2 Å². The number of carbonyl (C=O) groups is 2. The maximum absolute atomic E-state index is 12.4. The van der Waals surface area contributed by atoms with E-state index >= 15 is 0 Å². The van der Waals surface area contributed by atoms with Crippen LogP contribution in [0.1, 0.15) is 43.6 Å². The highest BCUT2D eigenvalue weighted by Gasteiger charge is 2.12. The second-order valence-electron chi connectivity index (χ2n) is 6.22. The molecule has 0 bridgehead atoms. The van der Waals surface area contributed by atoms with Gasteiger partial charge >= 0.3 is 0 Å². The number of amides is 2. The van der Waals surface area contributed by atoms with Gasteiger partial charge in [-0.2, -0.15) is 0 Å². The van der Waals surface area contributed by atoms with Gasteiger partial charge in [0.2, 0.25) is 0 Å². The number of thiazole rings is 1. The van der Waals surface area contributed by atoms with Crippen LogP contribution < -0.4 is 10.6 Å². The lowest BCUT2D eigenvalue weighted by Crippen LogP contribution is -2.24. The summed E-state index contributed by atoms with van der Waals surface area (Å²) in [5, 5.41) is 11.1. The highest BCUT2D eigenvalue weighted by molar-refractivity contribution is 7.12. The topological polar surface area (TPSA) is 71.1 Å². The molecular weight excluding hydrogens is 414 g/mol. The van der Waals surface area contributed by atoms with Crippen molar-refractivity contribution in [2.75, 3.05) is 11.9 Å². The Morgan fingerprint density at radius 3 is 2.71 bits per heavy atom. The van der Waals surface area contributed by atoms with Crippen molar-refractivity contribution in [2.45, 2.75) is 26.2 Å². The zero-order chi connectivity index (χ0) is 19.9. The molecule has 0 saturated carbocycles. The molecule has 0 atom stereocenters. The van der Waals surface area contributed by atoms with Crippen molar-refractivity contribution in [1.29, 1.82) is 0 Å². The van der Waals surface area contributed by atoms with Crippen LogP contribution in [0.2, 0.25) is 5.02 Å².